The van der Waals surface area contributed by atoms with Crippen molar-refractivity contribution in [1.29, 1.82) is 0 Å². The van der Waals surface area contributed by atoms with E-state index >= 15 is 0 Å². The zero-order valence-corrected chi connectivity index (χ0v) is 20.2. The van der Waals surface area contributed by atoms with Gasteiger partial charge in [-0.25, -0.2) is 0 Å². The first kappa shape index (κ1) is 22.7. The molecule has 1 amide bonds. The van der Waals surface area contributed by atoms with Gasteiger partial charge in [-0.3, -0.25) is 14.8 Å². The molecule has 5 rings (SSSR count). The average Bonchev–Trinajstić information content (AvgIpc) is 3.43. The Morgan fingerprint density at radius 1 is 1.03 bits per heavy atom. The van der Waals surface area contributed by atoms with E-state index in [1.807, 2.05) is 66.9 Å². The number of nitrogens with one attached hydrogen (secondary N) is 2. The molecule has 1 aromatic carbocycles. The lowest BCUT2D eigenvalue weighted by molar-refractivity contribution is -0.116. The number of carbonyl (C=O) groups excluding carboxylic acids is 1. The molecule has 0 spiro atoms. The number of aryl methyl sites for hydroxylation is 1. The number of aromatic nitrogens is 3. The Bertz CT molecular complexity index is 1310. The van der Waals surface area contributed by atoms with Gasteiger partial charge in [0, 0.05) is 42.4 Å². The Balaban J connectivity index is 1.47. The number of anilines is 1. The van der Waals surface area contributed by atoms with Crippen LogP contribution in [0.3, 0.4) is 0 Å². The minimum absolute atomic E-state index is 0.0575. The minimum atomic E-state index is -0.161. The second kappa shape index (κ2) is 10.1. The van der Waals surface area contributed by atoms with E-state index < -0.39 is 0 Å². The molecule has 0 aliphatic carbocycles. The van der Waals surface area contributed by atoms with Gasteiger partial charge in [0.1, 0.15) is 0 Å². The number of benzene rings is 1. The van der Waals surface area contributed by atoms with E-state index in [4.69, 9.17) is 12.2 Å². The third-order valence-corrected chi connectivity index (χ3v) is 6.50. The fourth-order valence-corrected chi connectivity index (χ4v) is 4.89. The molecule has 176 valence electrons. The van der Waals surface area contributed by atoms with E-state index in [2.05, 4.69) is 49.1 Å². The fourth-order valence-electron chi connectivity index (χ4n) is 4.56. The van der Waals surface area contributed by atoms with Crippen molar-refractivity contribution in [3.63, 3.8) is 0 Å². The summed E-state index contributed by atoms with van der Waals surface area (Å²) in [4.78, 5) is 23.8. The van der Waals surface area contributed by atoms with Crippen molar-refractivity contribution in [2.45, 2.75) is 25.4 Å². The summed E-state index contributed by atoms with van der Waals surface area (Å²) >= 11 is 5.78. The maximum atomic E-state index is 12.7. The van der Waals surface area contributed by atoms with E-state index in [9.17, 15) is 4.79 Å². The van der Waals surface area contributed by atoms with Crippen LogP contribution < -0.4 is 10.6 Å². The van der Waals surface area contributed by atoms with Crippen LogP contribution in [0.5, 0.6) is 0 Å². The van der Waals surface area contributed by atoms with Crippen molar-refractivity contribution in [2.24, 2.45) is 0 Å². The molecule has 0 saturated carbocycles. The zero-order valence-electron chi connectivity index (χ0n) is 19.3. The van der Waals surface area contributed by atoms with Crippen LogP contribution in [0.2, 0.25) is 0 Å². The molecule has 0 bridgehead atoms. The van der Waals surface area contributed by atoms with E-state index in [1.165, 1.54) is 0 Å². The van der Waals surface area contributed by atoms with Crippen LogP contribution in [-0.4, -0.2) is 37.0 Å². The number of nitrogens with zero attached hydrogens (tertiary/aromatic N) is 4. The van der Waals surface area contributed by atoms with E-state index in [1.54, 1.807) is 12.4 Å². The Morgan fingerprint density at radius 2 is 1.86 bits per heavy atom. The minimum Gasteiger partial charge on any atom is -0.352 e. The first-order valence-electron chi connectivity index (χ1n) is 11.5. The predicted molar refractivity (Wildman–Crippen MR) is 140 cm³/mol. The molecule has 2 N–H and O–H groups in total. The van der Waals surface area contributed by atoms with Crippen molar-refractivity contribution in [2.75, 3.05) is 11.9 Å². The molecule has 35 heavy (non-hydrogen) atoms. The Labute approximate surface area is 209 Å². The summed E-state index contributed by atoms with van der Waals surface area (Å²) in [6.45, 7) is 2.54. The number of amides is 1. The van der Waals surface area contributed by atoms with Crippen molar-refractivity contribution in [3.05, 3.63) is 108 Å². The average molecular weight is 483 g/mol. The van der Waals surface area contributed by atoms with Crippen molar-refractivity contribution >= 4 is 28.9 Å². The number of carbonyl (C=O) groups is 1. The molecular formula is C27H26N6OS. The summed E-state index contributed by atoms with van der Waals surface area (Å²) in [6.07, 6.45) is 5.71. The maximum Gasteiger partial charge on any atom is 0.226 e. The van der Waals surface area contributed by atoms with Gasteiger partial charge in [-0.05, 0) is 67.7 Å². The number of rotatable bonds is 7. The normalized spacial score (nSPS) is 17.3. The van der Waals surface area contributed by atoms with E-state index in [0.717, 1.165) is 28.5 Å². The summed E-state index contributed by atoms with van der Waals surface area (Å²) in [5, 5.41) is 7.04. The van der Waals surface area contributed by atoms with Crippen molar-refractivity contribution in [3.8, 4) is 5.69 Å². The van der Waals surface area contributed by atoms with Gasteiger partial charge in [0.15, 0.2) is 5.11 Å². The molecule has 4 aromatic rings. The van der Waals surface area contributed by atoms with Crippen LogP contribution in [0, 0.1) is 6.92 Å². The number of para-hydroxylation sites is 1. The summed E-state index contributed by atoms with van der Waals surface area (Å²) in [6, 6.07) is 23.2. The molecule has 0 unspecified atom stereocenters. The van der Waals surface area contributed by atoms with Gasteiger partial charge in [-0.2, -0.15) is 0 Å². The van der Waals surface area contributed by atoms with E-state index in [-0.39, 0.29) is 18.0 Å². The lowest BCUT2D eigenvalue weighted by Gasteiger charge is -2.29. The van der Waals surface area contributed by atoms with Crippen LogP contribution in [0.1, 0.15) is 35.6 Å². The topological polar surface area (TPSA) is 75.1 Å². The van der Waals surface area contributed by atoms with Crippen LogP contribution in [0.25, 0.3) is 5.69 Å². The molecule has 7 nitrogen and oxygen atoms in total. The van der Waals surface area contributed by atoms with Crippen LogP contribution >= 0.6 is 12.2 Å². The second-order valence-electron chi connectivity index (χ2n) is 8.43. The molecule has 1 fully saturated rings. The Hall–Kier alpha value is -4.04. The smallest absolute Gasteiger partial charge is 0.226 e. The predicted octanol–water partition coefficient (Wildman–Crippen LogP) is 4.58. The molecular weight excluding hydrogens is 456 g/mol. The molecule has 8 heteroatoms. The largest absolute Gasteiger partial charge is 0.352 e. The molecule has 1 aliphatic heterocycles. The molecule has 3 aromatic heterocycles. The van der Waals surface area contributed by atoms with Crippen LogP contribution in [-0.2, 0) is 4.79 Å². The molecule has 0 radical (unpaired) electrons. The Kier molecular flexibility index (Phi) is 6.54. The number of pyridine rings is 2. The zero-order chi connectivity index (χ0) is 24.2. The monoisotopic (exact) mass is 482 g/mol. The Morgan fingerprint density at radius 3 is 2.60 bits per heavy atom. The van der Waals surface area contributed by atoms with Gasteiger partial charge in [0.25, 0.3) is 0 Å². The van der Waals surface area contributed by atoms with Gasteiger partial charge in [0.05, 0.1) is 29.7 Å². The van der Waals surface area contributed by atoms with Gasteiger partial charge >= 0.3 is 0 Å². The van der Waals surface area contributed by atoms with Crippen molar-refractivity contribution < 1.29 is 4.79 Å². The molecule has 1 aliphatic rings. The first-order valence-corrected chi connectivity index (χ1v) is 11.9. The highest BCUT2D eigenvalue weighted by molar-refractivity contribution is 7.80. The molecule has 4 heterocycles. The van der Waals surface area contributed by atoms with Gasteiger partial charge in [0.2, 0.25) is 5.91 Å². The summed E-state index contributed by atoms with van der Waals surface area (Å²) in [7, 11) is 0. The third kappa shape index (κ3) is 4.79. The number of hydrogen-bond donors (Lipinski definition) is 2. The number of thiocarbonyl (C=S) groups is 1. The van der Waals surface area contributed by atoms with Gasteiger partial charge < -0.3 is 20.1 Å². The van der Waals surface area contributed by atoms with Gasteiger partial charge in [-0.1, -0.05) is 24.3 Å². The highest BCUT2D eigenvalue weighted by Crippen LogP contribution is 2.40. The van der Waals surface area contributed by atoms with E-state index in [0.29, 0.717) is 18.1 Å². The maximum absolute atomic E-state index is 12.7. The lowest BCUT2D eigenvalue weighted by atomic mass is 10.0. The van der Waals surface area contributed by atoms with Gasteiger partial charge in [-0.15, -0.1) is 0 Å². The van der Waals surface area contributed by atoms with Crippen molar-refractivity contribution in [1.82, 2.24) is 24.8 Å². The standard InChI is InChI=1S/C27H26N6OS/c1-19-12-13-23(33(19)21-10-7-15-28-18-21)26-25(22-11-5-6-16-29-22)31-27(35)32(26)17-14-24(34)30-20-8-3-2-4-9-20/h2-13,15-16,18,25-26H,14,17H2,1H3,(H,30,34)(H,31,35)/t25-,26-/m1/s1. The molecule has 1 saturated heterocycles. The number of hydrogen-bond acceptors (Lipinski definition) is 4. The fraction of sp³-hybridized carbons (Fsp3) is 0.185. The third-order valence-electron chi connectivity index (χ3n) is 6.15. The van der Waals surface area contributed by atoms with Crippen LogP contribution in [0.15, 0.2) is 91.4 Å². The molecule has 2 atom stereocenters. The highest BCUT2D eigenvalue weighted by atomic mass is 32.1. The SMILES string of the molecule is Cc1ccc([C@@H]2[C@@H](c3ccccn3)NC(=S)N2CCC(=O)Nc2ccccc2)n1-c1cccnc1. The lowest BCUT2D eigenvalue weighted by Crippen LogP contribution is -2.33. The summed E-state index contributed by atoms with van der Waals surface area (Å²) in [5.74, 6) is -0.0575. The first-order chi connectivity index (χ1) is 17.1. The highest BCUT2D eigenvalue weighted by Gasteiger charge is 2.41. The summed E-state index contributed by atoms with van der Waals surface area (Å²) < 4.78 is 2.19. The summed E-state index contributed by atoms with van der Waals surface area (Å²) in [5.41, 5.74) is 4.80. The van der Waals surface area contributed by atoms with Crippen LogP contribution in [0.4, 0.5) is 5.69 Å². The quantitative estimate of drug-likeness (QED) is 0.376. The second-order valence-corrected chi connectivity index (χ2v) is 8.82.